The second-order valence-corrected chi connectivity index (χ2v) is 6.45. The van der Waals surface area contributed by atoms with Crippen molar-refractivity contribution in [2.75, 3.05) is 11.9 Å². The van der Waals surface area contributed by atoms with Crippen molar-refractivity contribution >= 4 is 17.5 Å². The van der Waals surface area contributed by atoms with E-state index in [0.717, 1.165) is 12.1 Å². The van der Waals surface area contributed by atoms with Crippen molar-refractivity contribution in [1.29, 1.82) is 0 Å². The number of amides is 2. The number of benzene rings is 2. The molecule has 8 heteroatoms. The van der Waals surface area contributed by atoms with Gasteiger partial charge in [-0.1, -0.05) is 6.07 Å². The predicted octanol–water partition coefficient (Wildman–Crippen LogP) is 3.77. The number of aromatic nitrogens is 2. The molecule has 0 unspecified atom stereocenters. The summed E-state index contributed by atoms with van der Waals surface area (Å²) < 4.78 is 28.6. The van der Waals surface area contributed by atoms with Crippen molar-refractivity contribution in [2.24, 2.45) is 0 Å². The van der Waals surface area contributed by atoms with Crippen LogP contribution in [0.4, 0.5) is 14.5 Å². The number of rotatable bonds is 5. The highest BCUT2D eigenvalue weighted by Gasteiger charge is 2.21. The minimum atomic E-state index is -0.780. The van der Waals surface area contributed by atoms with Crippen molar-refractivity contribution in [2.45, 2.75) is 20.8 Å². The molecule has 3 aromatic rings. The summed E-state index contributed by atoms with van der Waals surface area (Å²) >= 11 is 0. The number of hydrogen-bond donors (Lipinski definition) is 2. The van der Waals surface area contributed by atoms with Gasteiger partial charge in [0.05, 0.1) is 17.0 Å². The first-order valence-corrected chi connectivity index (χ1v) is 9.03. The summed E-state index contributed by atoms with van der Waals surface area (Å²) in [5.74, 6) is -2.16. The van der Waals surface area contributed by atoms with Crippen LogP contribution in [0.25, 0.3) is 5.69 Å². The zero-order valence-corrected chi connectivity index (χ0v) is 16.2. The number of carbonyl (C=O) groups excluding carboxylic acids is 2. The average Bonchev–Trinajstić information content (AvgIpc) is 2.96. The van der Waals surface area contributed by atoms with Gasteiger partial charge in [-0.25, -0.2) is 13.5 Å². The van der Waals surface area contributed by atoms with E-state index in [0.29, 0.717) is 29.2 Å². The van der Waals surface area contributed by atoms with Crippen LogP contribution < -0.4 is 10.6 Å². The van der Waals surface area contributed by atoms with E-state index in [9.17, 15) is 18.4 Å². The third-order valence-corrected chi connectivity index (χ3v) is 4.38. The van der Waals surface area contributed by atoms with E-state index < -0.39 is 17.5 Å². The molecule has 2 aromatic carbocycles. The van der Waals surface area contributed by atoms with E-state index in [1.165, 1.54) is 10.7 Å². The van der Waals surface area contributed by atoms with Gasteiger partial charge in [-0.15, -0.1) is 0 Å². The predicted molar refractivity (Wildman–Crippen MR) is 105 cm³/mol. The molecular formula is C21H20F2N4O2. The van der Waals surface area contributed by atoms with Crippen LogP contribution in [0.1, 0.15) is 39.0 Å². The molecule has 0 fully saturated rings. The lowest BCUT2D eigenvalue weighted by atomic mass is 10.1. The standard InChI is InChI=1S/C21H20F2N4O2/c1-4-24-20(28)14-6-5-7-16(10-14)25-21(29)19-12(2)26-27(13(19)3)18-9-8-15(22)11-17(18)23/h5-11H,4H2,1-3H3,(H,24,28)(H,25,29). The first-order chi connectivity index (χ1) is 13.8. The maximum atomic E-state index is 14.1. The van der Waals surface area contributed by atoms with Crippen molar-refractivity contribution < 1.29 is 18.4 Å². The summed E-state index contributed by atoms with van der Waals surface area (Å²) in [6.07, 6.45) is 0. The molecular weight excluding hydrogens is 378 g/mol. The number of carbonyl (C=O) groups is 2. The summed E-state index contributed by atoms with van der Waals surface area (Å²) in [7, 11) is 0. The monoisotopic (exact) mass is 398 g/mol. The first-order valence-electron chi connectivity index (χ1n) is 9.03. The molecule has 0 atom stereocenters. The Morgan fingerprint density at radius 3 is 2.52 bits per heavy atom. The summed E-state index contributed by atoms with van der Waals surface area (Å²) in [5.41, 5.74) is 1.98. The van der Waals surface area contributed by atoms with Gasteiger partial charge in [-0.2, -0.15) is 5.10 Å². The Hall–Kier alpha value is -3.55. The molecule has 0 aliphatic heterocycles. The van der Waals surface area contributed by atoms with Gasteiger partial charge in [0.25, 0.3) is 11.8 Å². The van der Waals surface area contributed by atoms with E-state index >= 15 is 0 Å². The van der Waals surface area contributed by atoms with Crippen LogP contribution in [0.15, 0.2) is 42.5 Å². The zero-order valence-electron chi connectivity index (χ0n) is 16.2. The van der Waals surface area contributed by atoms with Gasteiger partial charge in [0.15, 0.2) is 5.82 Å². The Balaban J connectivity index is 1.90. The van der Waals surface area contributed by atoms with Crippen molar-refractivity contribution in [1.82, 2.24) is 15.1 Å². The Morgan fingerprint density at radius 2 is 1.83 bits per heavy atom. The molecule has 6 nitrogen and oxygen atoms in total. The van der Waals surface area contributed by atoms with Crippen LogP contribution in [-0.4, -0.2) is 28.1 Å². The molecule has 0 radical (unpaired) electrons. The first kappa shape index (κ1) is 20.2. The van der Waals surface area contributed by atoms with Gasteiger partial charge in [0.2, 0.25) is 0 Å². The van der Waals surface area contributed by atoms with Crippen LogP contribution in [0, 0.1) is 25.5 Å². The molecule has 0 saturated carbocycles. The second kappa shape index (κ2) is 8.22. The van der Waals surface area contributed by atoms with Gasteiger partial charge in [0.1, 0.15) is 11.5 Å². The minimum Gasteiger partial charge on any atom is -0.352 e. The number of halogens is 2. The highest BCUT2D eigenvalue weighted by molar-refractivity contribution is 6.06. The molecule has 2 amide bonds. The molecule has 29 heavy (non-hydrogen) atoms. The third-order valence-electron chi connectivity index (χ3n) is 4.38. The Morgan fingerprint density at radius 1 is 1.07 bits per heavy atom. The topological polar surface area (TPSA) is 76.0 Å². The smallest absolute Gasteiger partial charge is 0.259 e. The van der Waals surface area contributed by atoms with E-state index in [1.807, 2.05) is 6.92 Å². The fraction of sp³-hybridized carbons (Fsp3) is 0.190. The number of anilines is 1. The number of aryl methyl sites for hydroxylation is 1. The highest BCUT2D eigenvalue weighted by Crippen LogP contribution is 2.22. The summed E-state index contributed by atoms with van der Waals surface area (Å²) in [4.78, 5) is 24.8. The third kappa shape index (κ3) is 4.16. The van der Waals surface area contributed by atoms with E-state index in [1.54, 1.807) is 38.1 Å². The molecule has 0 aliphatic carbocycles. The summed E-state index contributed by atoms with van der Waals surface area (Å²) in [6, 6.07) is 9.69. The fourth-order valence-corrected chi connectivity index (χ4v) is 3.05. The van der Waals surface area contributed by atoms with E-state index in [2.05, 4.69) is 15.7 Å². The van der Waals surface area contributed by atoms with Crippen molar-refractivity contribution in [3.63, 3.8) is 0 Å². The lowest BCUT2D eigenvalue weighted by Crippen LogP contribution is -2.23. The van der Waals surface area contributed by atoms with Gasteiger partial charge in [-0.05, 0) is 51.1 Å². The quantitative estimate of drug-likeness (QED) is 0.687. The van der Waals surface area contributed by atoms with Gasteiger partial charge in [-0.3, -0.25) is 9.59 Å². The molecule has 2 N–H and O–H groups in total. The van der Waals surface area contributed by atoms with Crippen LogP contribution in [0.2, 0.25) is 0 Å². The maximum absolute atomic E-state index is 14.1. The molecule has 0 saturated heterocycles. The Kier molecular flexibility index (Phi) is 5.72. The van der Waals surface area contributed by atoms with Gasteiger partial charge < -0.3 is 10.6 Å². The normalized spacial score (nSPS) is 10.7. The number of hydrogen-bond acceptors (Lipinski definition) is 3. The lowest BCUT2D eigenvalue weighted by Gasteiger charge is -2.09. The van der Waals surface area contributed by atoms with Gasteiger partial charge in [0, 0.05) is 23.9 Å². The average molecular weight is 398 g/mol. The Labute approximate surface area is 166 Å². The summed E-state index contributed by atoms with van der Waals surface area (Å²) in [6.45, 7) is 5.57. The number of nitrogens with one attached hydrogen (secondary N) is 2. The van der Waals surface area contributed by atoms with Gasteiger partial charge >= 0.3 is 0 Å². The molecule has 3 rings (SSSR count). The SMILES string of the molecule is CCNC(=O)c1cccc(NC(=O)c2c(C)nn(-c3ccc(F)cc3F)c2C)c1. The molecule has 0 spiro atoms. The fourth-order valence-electron chi connectivity index (χ4n) is 3.05. The lowest BCUT2D eigenvalue weighted by molar-refractivity contribution is 0.0954. The Bertz CT molecular complexity index is 1090. The van der Waals surface area contributed by atoms with E-state index in [-0.39, 0.29) is 17.2 Å². The van der Waals surface area contributed by atoms with E-state index in [4.69, 9.17) is 0 Å². The molecule has 1 aromatic heterocycles. The summed E-state index contributed by atoms with van der Waals surface area (Å²) in [5, 5.41) is 9.67. The zero-order chi connectivity index (χ0) is 21.1. The second-order valence-electron chi connectivity index (χ2n) is 6.45. The molecule has 1 heterocycles. The maximum Gasteiger partial charge on any atom is 0.259 e. The van der Waals surface area contributed by atoms with Crippen LogP contribution in [-0.2, 0) is 0 Å². The minimum absolute atomic E-state index is 0.0456. The van der Waals surface area contributed by atoms with Crippen molar-refractivity contribution in [3.05, 3.63) is 76.6 Å². The van der Waals surface area contributed by atoms with Crippen LogP contribution in [0.3, 0.4) is 0 Å². The van der Waals surface area contributed by atoms with Crippen LogP contribution in [0.5, 0.6) is 0 Å². The number of nitrogens with zero attached hydrogens (tertiary/aromatic N) is 2. The van der Waals surface area contributed by atoms with Crippen molar-refractivity contribution in [3.8, 4) is 5.69 Å². The molecule has 150 valence electrons. The highest BCUT2D eigenvalue weighted by atomic mass is 19.1. The molecule has 0 bridgehead atoms. The van der Waals surface area contributed by atoms with Crippen LogP contribution >= 0.6 is 0 Å². The largest absolute Gasteiger partial charge is 0.352 e. The molecule has 0 aliphatic rings.